The molecule has 0 N–H and O–H groups in total. The molecule has 4 rings (SSSR count). The molecule has 3 aromatic carbocycles. The fourth-order valence-corrected chi connectivity index (χ4v) is 4.22. The average Bonchev–Trinajstić information content (AvgIpc) is 3.11. The Morgan fingerprint density at radius 1 is 0.788 bits per heavy atom. The second kappa shape index (κ2) is 10.9. The van der Waals surface area contributed by atoms with Gasteiger partial charge in [0.15, 0.2) is 0 Å². The van der Waals surface area contributed by atoms with Crippen LogP contribution in [0.25, 0.3) is 0 Å². The second-order valence-electron chi connectivity index (χ2n) is 8.41. The standard InChI is InChI=1S/C28H30N2O3/c1-22-10-8-15-25(20-22)28(32)30-17-9-16-29(18-19-30)26(31)21-33-27(23-11-4-2-5-12-23)24-13-6-3-7-14-24/h2-8,10-15,20,27H,9,16-19,21H2,1H3. The van der Waals surface area contributed by atoms with Crippen LogP contribution in [0.5, 0.6) is 0 Å². The second-order valence-corrected chi connectivity index (χ2v) is 8.41. The fourth-order valence-electron chi connectivity index (χ4n) is 4.22. The molecule has 33 heavy (non-hydrogen) atoms. The van der Waals surface area contributed by atoms with Crippen LogP contribution in [0.1, 0.15) is 39.6 Å². The van der Waals surface area contributed by atoms with E-state index in [1.165, 1.54) is 0 Å². The molecule has 2 amide bonds. The van der Waals surface area contributed by atoms with E-state index in [4.69, 9.17) is 4.74 Å². The van der Waals surface area contributed by atoms with Crippen LogP contribution in [0.3, 0.4) is 0 Å². The van der Waals surface area contributed by atoms with Crippen molar-refractivity contribution in [1.82, 2.24) is 9.80 Å². The van der Waals surface area contributed by atoms with Crippen molar-refractivity contribution in [2.75, 3.05) is 32.8 Å². The SMILES string of the molecule is Cc1cccc(C(=O)N2CCCN(C(=O)COC(c3ccccc3)c3ccccc3)CC2)c1. The maximum absolute atomic E-state index is 13.0. The van der Waals surface area contributed by atoms with E-state index in [-0.39, 0.29) is 24.5 Å². The smallest absolute Gasteiger partial charge is 0.253 e. The maximum atomic E-state index is 13.0. The van der Waals surface area contributed by atoms with Crippen molar-refractivity contribution < 1.29 is 14.3 Å². The molecule has 0 unspecified atom stereocenters. The van der Waals surface area contributed by atoms with Crippen LogP contribution in [-0.4, -0.2) is 54.4 Å². The van der Waals surface area contributed by atoms with Crippen LogP contribution < -0.4 is 0 Å². The van der Waals surface area contributed by atoms with Gasteiger partial charge in [-0.25, -0.2) is 0 Å². The Hall–Kier alpha value is -3.44. The lowest BCUT2D eigenvalue weighted by molar-refractivity contribution is -0.137. The number of nitrogens with zero attached hydrogens (tertiary/aromatic N) is 2. The van der Waals surface area contributed by atoms with Crippen LogP contribution in [0.2, 0.25) is 0 Å². The van der Waals surface area contributed by atoms with Gasteiger partial charge in [-0.2, -0.15) is 0 Å². The number of hydrogen-bond acceptors (Lipinski definition) is 3. The number of amides is 2. The van der Waals surface area contributed by atoms with E-state index in [1.54, 1.807) is 0 Å². The molecule has 170 valence electrons. The quantitative estimate of drug-likeness (QED) is 0.566. The van der Waals surface area contributed by atoms with Crippen molar-refractivity contribution in [1.29, 1.82) is 0 Å². The lowest BCUT2D eigenvalue weighted by Gasteiger charge is -2.24. The first-order valence-corrected chi connectivity index (χ1v) is 11.5. The van der Waals surface area contributed by atoms with E-state index in [0.717, 1.165) is 23.1 Å². The number of carbonyl (C=O) groups is 2. The van der Waals surface area contributed by atoms with E-state index < -0.39 is 0 Å². The van der Waals surface area contributed by atoms with E-state index >= 15 is 0 Å². The highest BCUT2D eigenvalue weighted by molar-refractivity contribution is 5.94. The van der Waals surface area contributed by atoms with Crippen molar-refractivity contribution in [3.05, 3.63) is 107 Å². The molecule has 1 aliphatic rings. The number of rotatable bonds is 6. The Labute approximate surface area is 195 Å². The summed E-state index contributed by atoms with van der Waals surface area (Å²) in [5.74, 6) is -0.0193. The highest BCUT2D eigenvalue weighted by Crippen LogP contribution is 2.25. The van der Waals surface area contributed by atoms with Gasteiger partial charge in [-0.1, -0.05) is 78.4 Å². The molecule has 1 saturated heterocycles. The van der Waals surface area contributed by atoms with Crippen molar-refractivity contribution in [2.24, 2.45) is 0 Å². The molecule has 0 spiro atoms. The monoisotopic (exact) mass is 442 g/mol. The Kier molecular flexibility index (Phi) is 7.53. The third-order valence-corrected chi connectivity index (χ3v) is 5.98. The van der Waals surface area contributed by atoms with Crippen LogP contribution >= 0.6 is 0 Å². The topological polar surface area (TPSA) is 49.9 Å². The van der Waals surface area contributed by atoms with Crippen molar-refractivity contribution in [3.63, 3.8) is 0 Å². The molecular formula is C28H30N2O3. The summed E-state index contributed by atoms with van der Waals surface area (Å²) in [6, 6.07) is 27.6. The lowest BCUT2D eigenvalue weighted by atomic mass is 10.0. The van der Waals surface area contributed by atoms with E-state index in [2.05, 4.69) is 0 Å². The van der Waals surface area contributed by atoms with Crippen molar-refractivity contribution in [3.8, 4) is 0 Å². The Morgan fingerprint density at radius 3 is 2.03 bits per heavy atom. The first-order valence-electron chi connectivity index (χ1n) is 11.5. The number of ether oxygens (including phenoxy) is 1. The van der Waals surface area contributed by atoms with Gasteiger partial charge in [-0.3, -0.25) is 9.59 Å². The number of aryl methyl sites for hydroxylation is 1. The molecule has 1 fully saturated rings. The third-order valence-electron chi connectivity index (χ3n) is 5.98. The van der Waals surface area contributed by atoms with Crippen LogP contribution in [0.15, 0.2) is 84.9 Å². The van der Waals surface area contributed by atoms with Crippen LogP contribution in [0.4, 0.5) is 0 Å². The van der Waals surface area contributed by atoms with Gasteiger partial charge in [0.05, 0.1) is 0 Å². The normalized spacial score (nSPS) is 14.2. The molecule has 3 aromatic rings. The molecule has 5 nitrogen and oxygen atoms in total. The van der Waals surface area contributed by atoms with Crippen LogP contribution in [-0.2, 0) is 9.53 Å². The molecule has 0 aliphatic carbocycles. The minimum Gasteiger partial charge on any atom is -0.359 e. The van der Waals surface area contributed by atoms with Gasteiger partial charge in [0.1, 0.15) is 12.7 Å². The summed E-state index contributed by atoms with van der Waals surface area (Å²) in [5.41, 5.74) is 3.80. The molecule has 0 aromatic heterocycles. The number of carbonyl (C=O) groups excluding carboxylic acids is 2. The Bertz CT molecular complexity index is 1030. The summed E-state index contributed by atoms with van der Waals surface area (Å²) in [4.78, 5) is 29.6. The summed E-state index contributed by atoms with van der Waals surface area (Å²) in [6.45, 7) is 4.30. The number of hydrogen-bond donors (Lipinski definition) is 0. The van der Waals surface area contributed by atoms with Gasteiger partial charge in [-0.05, 0) is 36.6 Å². The predicted octanol–water partition coefficient (Wildman–Crippen LogP) is 4.48. The summed E-state index contributed by atoms with van der Waals surface area (Å²) in [6.07, 6.45) is 0.451. The van der Waals surface area contributed by atoms with Gasteiger partial charge >= 0.3 is 0 Å². The summed E-state index contributed by atoms with van der Waals surface area (Å²) >= 11 is 0. The highest BCUT2D eigenvalue weighted by atomic mass is 16.5. The largest absolute Gasteiger partial charge is 0.359 e. The third kappa shape index (κ3) is 5.88. The molecule has 0 saturated carbocycles. The maximum Gasteiger partial charge on any atom is 0.253 e. The summed E-state index contributed by atoms with van der Waals surface area (Å²) in [7, 11) is 0. The number of benzene rings is 3. The molecular weight excluding hydrogens is 412 g/mol. The predicted molar refractivity (Wildman–Crippen MR) is 129 cm³/mol. The van der Waals surface area contributed by atoms with E-state index in [0.29, 0.717) is 31.7 Å². The lowest BCUT2D eigenvalue weighted by Crippen LogP contribution is -2.39. The Balaban J connectivity index is 1.37. The molecule has 0 radical (unpaired) electrons. The minimum absolute atomic E-state index is 0.000279. The summed E-state index contributed by atoms with van der Waals surface area (Å²) < 4.78 is 6.16. The molecule has 1 aliphatic heterocycles. The zero-order valence-corrected chi connectivity index (χ0v) is 19.0. The van der Waals surface area contributed by atoms with Gasteiger partial charge in [0.2, 0.25) is 5.91 Å². The molecule has 0 bridgehead atoms. The van der Waals surface area contributed by atoms with Crippen LogP contribution in [0, 0.1) is 6.92 Å². The van der Waals surface area contributed by atoms with Crippen molar-refractivity contribution >= 4 is 11.8 Å². The first kappa shape index (κ1) is 22.7. The zero-order chi connectivity index (χ0) is 23.0. The van der Waals surface area contributed by atoms with E-state index in [1.807, 2.05) is 102 Å². The highest BCUT2D eigenvalue weighted by Gasteiger charge is 2.24. The molecule has 0 atom stereocenters. The first-order chi connectivity index (χ1) is 16.1. The van der Waals surface area contributed by atoms with Gasteiger partial charge < -0.3 is 14.5 Å². The zero-order valence-electron chi connectivity index (χ0n) is 19.0. The summed E-state index contributed by atoms with van der Waals surface area (Å²) in [5, 5.41) is 0. The fraction of sp³-hybridized carbons (Fsp3) is 0.286. The Morgan fingerprint density at radius 2 is 1.39 bits per heavy atom. The van der Waals surface area contributed by atoms with Crippen molar-refractivity contribution in [2.45, 2.75) is 19.4 Å². The minimum atomic E-state index is -0.303. The van der Waals surface area contributed by atoms with Gasteiger partial charge in [0, 0.05) is 31.7 Å². The van der Waals surface area contributed by atoms with Gasteiger partial charge in [-0.15, -0.1) is 0 Å². The molecule has 1 heterocycles. The van der Waals surface area contributed by atoms with E-state index in [9.17, 15) is 9.59 Å². The average molecular weight is 443 g/mol. The van der Waals surface area contributed by atoms with Gasteiger partial charge in [0.25, 0.3) is 5.91 Å². The molecule has 5 heteroatoms.